The average molecular weight is 488 g/mol. The molecule has 3 N–H and O–H groups in total. The molecule has 182 valence electrons. The molecule has 1 aromatic carbocycles. The molecule has 0 radical (unpaired) electrons. The van der Waals surface area contributed by atoms with Crippen LogP contribution in [-0.2, 0) is 5.54 Å². The summed E-state index contributed by atoms with van der Waals surface area (Å²) in [5.41, 5.74) is 12.3. The maximum Gasteiger partial charge on any atom is 0.387 e. The highest BCUT2D eigenvalue weighted by Crippen LogP contribution is 2.51. The molecule has 3 aromatic heterocycles. The SMILES string of the molecule is NC1(c2ccc(-c3ccn4nc5c(c4c3)[C@@H]3C[C@H]5NC(=O)c4cccc(OC(F)F)c43)cn2)CCC1. The predicted octanol–water partition coefficient (Wildman–Crippen LogP) is 4.66. The van der Waals surface area contributed by atoms with Gasteiger partial charge in [0.05, 0.1) is 28.5 Å². The van der Waals surface area contributed by atoms with Gasteiger partial charge < -0.3 is 15.8 Å². The molecule has 0 unspecified atom stereocenters. The number of pyridine rings is 2. The third-order valence-corrected chi connectivity index (χ3v) is 7.88. The standard InChI is InChI=1S/C27H23F2N5O2/c28-26(29)36-20-4-1-3-16-22(20)17-12-18(32-25(16)35)24-23(17)19-11-14(7-10-34(19)33-24)15-5-6-21(31-13-15)27(30)8-2-9-27/h1,3-7,10-11,13,17-18,26H,2,8-9,12,30H2,(H,32,35)/t17-,18-/m1/s1. The number of halogens is 2. The molecule has 2 atom stereocenters. The van der Waals surface area contributed by atoms with Crippen molar-refractivity contribution in [2.75, 3.05) is 0 Å². The molecule has 0 saturated heterocycles. The van der Waals surface area contributed by atoms with Gasteiger partial charge in [0.1, 0.15) is 5.75 Å². The topological polar surface area (TPSA) is 94.5 Å². The van der Waals surface area contributed by atoms with E-state index in [1.54, 1.807) is 16.6 Å². The van der Waals surface area contributed by atoms with Gasteiger partial charge >= 0.3 is 6.61 Å². The zero-order valence-electron chi connectivity index (χ0n) is 19.2. The first kappa shape index (κ1) is 21.4. The van der Waals surface area contributed by atoms with Gasteiger partial charge in [-0.1, -0.05) is 12.1 Å². The first-order valence-electron chi connectivity index (χ1n) is 12.1. The van der Waals surface area contributed by atoms with E-state index >= 15 is 0 Å². The van der Waals surface area contributed by atoms with Crippen molar-refractivity contribution in [3.8, 4) is 16.9 Å². The van der Waals surface area contributed by atoms with Crippen molar-refractivity contribution in [2.45, 2.75) is 49.8 Å². The molecule has 0 spiro atoms. The number of carbonyl (C=O) groups excluding carboxylic acids is 1. The van der Waals surface area contributed by atoms with E-state index < -0.39 is 6.61 Å². The zero-order chi connectivity index (χ0) is 24.6. The van der Waals surface area contributed by atoms with Gasteiger partial charge in [-0.05, 0) is 61.6 Å². The lowest BCUT2D eigenvalue weighted by molar-refractivity contribution is -0.0505. The quantitative estimate of drug-likeness (QED) is 0.437. The fourth-order valence-corrected chi connectivity index (χ4v) is 5.94. The van der Waals surface area contributed by atoms with Crippen molar-refractivity contribution in [1.82, 2.24) is 19.9 Å². The van der Waals surface area contributed by atoms with Gasteiger partial charge in [0.2, 0.25) is 0 Å². The van der Waals surface area contributed by atoms with E-state index in [4.69, 9.17) is 15.6 Å². The Balaban J connectivity index is 1.35. The number of rotatable bonds is 4. The second-order valence-corrected chi connectivity index (χ2v) is 9.90. The fraction of sp³-hybridized carbons (Fsp3) is 0.296. The Morgan fingerprint density at radius 3 is 2.72 bits per heavy atom. The van der Waals surface area contributed by atoms with Gasteiger partial charge in [-0.15, -0.1) is 0 Å². The number of fused-ring (bicyclic) bond motifs is 9. The van der Waals surface area contributed by atoms with E-state index in [0.29, 0.717) is 17.5 Å². The molecule has 7 nitrogen and oxygen atoms in total. The number of amides is 1. The van der Waals surface area contributed by atoms with Crippen molar-refractivity contribution in [3.63, 3.8) is 0 Å². The van der Waals surface area contributed by atoms with Crippen molar-refractivity contribution in [3.05, 3.63) is 82.9 Å². The second kappa shape index (κ2) is 7.57. The molecule has 2 bridgehead atoms. The highest BCUT2D eigenvalue weighted by Gasteiger charge is 2.43. The summed E-state index contributed by atoms with van der Waals surface area (Å²) in [4.78, 5) is 17.6. The first-order chi connectivity index (χ1) is 17.4. The van der Waals surface area contributed by atoms with E-state index in [1.807, 2.05) is 36.7 Å². The van der Waals surface area contributed by atoms with Gasteiger partial charge in [0.15, 0.2) is 0 Å². The maximum absolute atomic E-state index is 13.2. The fourth-order valence-electron chi connectivity index (χ4n) is 5.94. The van der Waals surface area contributed by atoms with Crippen LogP contribution in [0.25, 0.3) is 16.6 Å². The third-order valence-electron chi connectivity index (χ3n) is 7.88. The zero-order valence-corrected chi connectivity index (χ0v) is 19.2. The van der Waals surface area contributed by atoms with Crippen LogP contribution in [0.5, 0.6) is 5.75 Å². The van der Waals surface area contributed by atoms with E-state index in [0.717, 1.165) is 52.9 Å². The summed E-state index contributed by atoms with van der Waals surface area (Å²) in [6.07, 6.45) is 7.28. The monoisotopic (exact) mass is 487 g/mol. The van der Waals surface area contributed by atoms with Crippen LogP contribution >= 0.6 is 0 Å². The smallest absolute Gasteiger partial charge is 0.387 e. The number of nitrogens with zero attached hydrogens (tertiary/aromatic N) is 3. The first-order valence-corrected chi connectivity index (χ1v) is 12.1. The van der Waals surface area contributed by atoms with Crippen LogP contribution in [0.4, 0.5) is 8.78 Å². The molecule has 3 aliphatic rings. The van der Waals surface area contributed by atoms with Gasteiger partial charge in [0.25, 0.3) is 5.91 Å². The summed E-state index contributed by atoms with van der Waals surface area (Å²) in [6.45, 7) is -2.99. The van der Waals surface area contributed by atoms with E-state index in [-0.39, 0.29) is 29.2 Å². The molecular weight excluding hydrogens is 464 g/mol. The van der Waals surface area contributed by atoms with Crippen LogP contribution in [-0.4, -0.2) is 27.1 Å². The van der Waals surface area contributed by atoms with Gasteiger partial charge in [0, 0.05) is 40.6 Å². The summed E-state index contributed by atoms with van der Waals surface area (Å²) in [7, 11) is 0. The van der Waals surface area contributed by atoms with E-state index in [2.05, 4.69) is 10.3 Å². The normalized spacial score (nSPS) is 21.5. The Kier molecular flexibility index (Phi) is 4.51. The number of nitrogens with two attached hydrogens (primary N) is 1. The number of hydrogen-bond donors (Lipinski definition) is 2. The summed E-state index contributed by atoms with van der Waals surface area (Å²) in [5, 5.41) is 7.78. The van der Waals surface area contributed by atoms with E-state index in [9.17, 15) is 13.6 Å². The lowest BCUT2D eigenvalue weighted by Gasteiger charge is -2.37. The third kappa shape index (κ3) is 3.08. The molecule has 9 heteroatoms. The van der Waals surface area contributed by atoms with Gasteiger partial charge in [-0.25, -0.2) is 4.52 Å². The molecule has 1 fully saturated rings. The lowest BCUT2D eigenvalue weighted by Crippen LogP contribution is -2.43. The van der Waals surface area contributed by atoms with Gasteiger partial charge in [-0.2, -0.15) is 13.9 Å². The largest absolute Gasteiger partial charge is 0.434 e. The molecule has 1 saturated carbocycles. The Hall–Kier alpha value is -3.85. The summed E-state index contributed by atoms with van der Waals surface area (Å²) in [6, 6.07) is 12.4. The van der Waals surface area contributed by atoms with Crippen LogP contribution in [0, 0.1) is 0 Å². The number of hydrogen-bond acceptors (Lipinski definition) is 5. The molecule has 36 heavy (non-hydrogen) atoms. The Bertz CT molecular complexity index is 1530. The van der Waals surface area contributed by atoms with Crippen LogP contribution in [0.3, 0.4) is 0 Å². The molecular formula is C27H23F2N5O2. The van der Waals surface area contributed by atoms with Gasteiger partial charge in [-0.3, -0.25) is 9.78 Å². The molecule has 2 aliphatic carbocycles. The van der Waals surface area contributed by atoms with Crippen molar-refractivity contribution >= 4 is 11.4 Å². The number of nitrogens with one attached hydrogen (secondary N) is 1. The second-order valence-electron chi connectivity index (χ2n) is 9.90. The molecule has 4 heterocycles. The van der Waals surface area contributed by atoms with Crippen molar-refractivity contribution in [2.24, 2.45) is 5.73 Å². The van der Waals surface area contributed by atoms with Crippen LogP contribution in [0.2, 0.25) is 0 Å². The highest BCUT2D eigenvalue weighted by molar-refractivity contribution is 5.98. The number of benzene rings is 1. The molecule has 7 rings (SSSR count). The summed E-state index contributed by atoms with van der Waals surface area (Å²) < 4.78 is 33.1. The number of ether oxygens (including phenoxy) is 1. The molecule has 1 aliphatic heterocycles. The van der Waals surface area contributed by atoms with Crippen molar-refractivity contribution in [1.29, 1.82) is 0 Å². The number of alkyl halides is 2. The Morgan fingerprint density at radius 2 is 2.00 bits per heavy atom. The Labute approximate surface area is 205 Å². The number of aromatic nitrogens is 3. The Morgan fingerprint density at radius 1 is 1.14 bits per heavy atom. The average Bonchev–Trinajstić information content (AvgIpc) is 3.34. The highest BCUT2D eigenvalue weighted by atomic mass is 19.3. The summed E-state index contributed by atoms with van der Waals surface area (Å²) >= 11 is 0. The van der Waals surface area contributed by atoms with Crippen LogP contribution < -0.4 is 15.8 Å². The minimum atomic E-state index is -2.99. The maximum atomic E-state index is 13.2. The van der Waals surface area contributed by atoms with Crippen LogP contribution in [0.15, 0.2) is 54.9 Å². The summed E-state index contributed by atoms with van der Waals surface area (Å²) in [5.74, 6) is -0.591. The van der Waals surface area contributed by atoms with Crippen LogP contribution in [0.1, 0.15) is 70.5 Å². The van der Waals surface area contributed by atoms with Crippen molar-refractivity contribution < 1.29 is 18.3 Å². The van der Waals surface area contributed by atoms with E-state index in [1.165, 1.54) is 6.07 Å². The minimum absolute atomic E-state index is 0.0261. The minimum Gasteiger partial charge on any atom is -0.434 e. The predicted molar refractivity (Wildman–Crippen MR) is 128 cm³/mol. The lowest BCUT2D eigenvalue weighted by atomic mass is 9.75. The molecule has 4 aromatic rings. The number of carbonyl (C=O) groups is 1. The molecule has 1 amide bonds.